The second-order valence-corrected chi connectivity index (χ2v) is 7.72. The summed E-state index contributed by atoms with van der Waals surface area (Å²) in [5, 5.41) is 11.6. The van der Waals surface area contributed by atoms with E-state index in [1.807, 2.05) is 24.3 Å². The van der Waals surface area contributed by atoms with E-state index in [9.17, 15) is 0 Å². The fourth-order valence-electron chi connectivity index (χ4n) is 3.40. The van der Waals surface area contributed by atoms with Crippen LogP contribution in [0.3, 0.4) is 0 Å². The summed E-state index contributed by atoms with van der Waals surface area (Å²) in [6.45, 7) is 7.40. The van der Waals surface area contributed by atoms with E-state index in [1.165, 1.54) is 0 Å². The number of nitrogens with one attached hydrogen (secondary N) is 2. The van der Waals surface area contributed by atoms with Gasteiger partial charge in [0.05, 0.1) is 13.2 Å². The minimum Gasteiger partial charge on any atom is -0.383 e. The Morgan fingerprint density at radius 3 is 2.87 bits per heavy atom. The van der Waals surface area contributed by atoms with Crippen LogP contribution >= 0.6 is 35.6 Å². The van der Waals surface area contributed by atoms with Gasteiger partial charge in [0.1, 0.15) is 0 Å². The molecule has 8 nitrogen and oxygen atoms in total. The lowest BCUT2D eigenvalue weighted by Gasteiger charge is -2.32. The number of benzene rings is 1. The van der Waals surface area contributed by atoms with Crippen molar-refractivity contribution in [1.29, 1.82) is 0 Å². The minimum absolute atomic E-state index is 0. The maximum absolute atomic E-state index is 6.03. The molecular formula is C21H32ClIN6O2. The molecule has 2 aromatic rings. The fraction of sp³-hybridized carbons (Fsp3) is 0.571. The van der Waals surface area contributed by atoms with Crippen molar-refractivity contribution in [2.45, 2.75) is 32.2 Å². The molecular weight excluding hydrogens is 531 g/mol. The number of hydrogen-bond acceptors (Lipinski definition) is 6. The standard InChI is InChI=1S/C21H31ClN6O2.HI/c1-3-23-21(25-18-8-11-28(12-9-18)13-14-29-2)24-10-7-19-26-20(27-30-19)16-5-4-6-17(22)15-16;/h4-6,15,18H,3,7-14H2,1-2H3,(H2,23,24,25);1H. The van der Waals surface area contributed by atoms with Gasteiger partial charge >= 0.3 is 0 Å². The van der Waals surface area contributed by atoms with E-state index < -0.39 is 0 Å². The number of methoxy groups -OCH3 is 1. The van der Waals surface area contributed by atoms with Gasteiger partial charge < -0.3 is 24.8 Å². The molecule has 0 radical (unpaired) electrons. The van der Waals surface area contributed by atoms with Crippen LogP contribution in [-0.2, 0) is 11.2 Å². The number of ether oxygens (including phenoxy) is 1. The highest BCUT2D eigenvalue weighted by Gasteiger charge is 2.19. The smallest absolute Gasteiger partial charge is 0.228 e. The van der Waals surface area contributed by atoms with Crippen molar-refractivity contribution in [2.75, 3.05) is 46.4 Å². The summed E-state index contributed by atoms with van der Waals surface area (Å²) >= 11 is 6.03. The molecule has 1 fully saturated rings. The van der Waals surface area contributed by atoms with E-state index in [4.69, 9.17) is 20.9 Å². The molecule has 1 aromatic heterocycles. The Hall–Kier alpha value is -1.43. The number of likely N-dealkylation sites (tertiary alicyclic amines) is 1. The van der Waals surface area contributed by atoms with Crippen LogP contribution in [0.15, 0.2) is 33.8 Å². The Morgan fingerprint density at radius 2 is 2.16 bits per heavy atom. The van der Waals surface area contributed by atoms with Gasteiger partial charge in [0.2, 0.25) is 11.7 Å². The second-order valence-electron chi connectivity index (χ2n) is 7.29. The number of guanidine groups is 1. The normalized spacial score (nSPS) is 15.5. The maximum Gasteiger partial charge on any atom is 0.228 e. The molecule has 1 aliphatic rings. The molecule has 172 valence electrons. The summed E-state index contributed by atoms with van der Waals surface area (Å²) in [4.78, 5) is 11.6. The molecule has 0 bridgehead atoms. The van der Waals surface area contributed by atoms with Crippen molar-refractivity contribution in [1.82, 2.24) is 25.7 Å². The molecule has 1 saturated heterocycles. The molecule has 3 rings (SSSR count). The fourth-order valence-corrected chi connectivity index (χ4v) is 3.59. The summed E-state index contributed by atoms with van der Waals surface area (Å²) in [6, 6.07) is 7.85. The molecule has 31 heavy (non-hydrogen) atoms. The Kier molecular flexibility index (Phi) is 11.6. The number of nitrogens with zero attached hydrogens (tertiary/aromatic N) is 4. The molecule has 2 N–H and O–H groups in total. The molecule has 0 spiro atoms. The van der Waals surface area contributed by atoms with Gasteiger partial charge in [0.25, 0.3) is 0 Å². The zero-order chi connectivity index (χ0) is 21.2. The van der Waals surface area contributed by atoms with Crippen LogP contribution in [0, 0.1) is 0 Å². The van der Waals surface area contributed by atoms with Crippen molar-refractivity contribution in [2.24, 2.45) is 4.99 Å². The summed E-state index contributed by atoms with van der Waals surface area (Å²) in [6.07, 6.45) is 2.78. The summed E-state index contributed by atoms with van der Waals surface area (Å²) in [5.74, 6) is 1.94. The molecule has 10 heteroatoms. The van der Waals surface area contributed by atoms with E-state index in [1.54, 1.807) is 7.11 Å². The third kappa shape index (κ3) is 8.55. The molecule has 0 atom stereocenters. The highest BCUT2D eigenvalue weighted by molar-refractivity contribution is 14.0. The van der Waals surface area contributed by atoms with Gasteiger partial charge in [-0.1, -0.05) is 28.9 Å². The lowest BCUT2D eigenvalue weighted by atomic mass is 10.1. The Balaban J connectivity index is 0.00000341. The zero-order valence-electron chi connectivity index (χ0n) is 18.1. The van der Waals surface area contributed by atoms with Crippen molar-refractivity contribution >= 4 is 41.5 Å². The van der Waals surface area contributed by atoms with Crippen LogP contribution in [0.4, 0.5) is 0 Å². The quantitative estimate of drug-likeness (QED) is 0.276. The highest BCUT2D eigenvalue weighted by Crippen LogP contribution is 2.20. The minimum atomic E-state index is 0. The maximum atomic E-state index is 6.03. The van der Waals surface area contributed by atoms with Gasteiger partial charge in [-0.15, -0.1) is 24.0 Å². The monoisotopic (exact) mass is 562 g/mol. The third-order valence-corrected chi connectivity index (χ3v) is 5.27. The van der Waals surface area contributed by atoms with E-state index in [0.29, 0.717) is 35.7 Å². The average Bonchev–Trinajstić information content (AvgIpc) is 3.22. The highest BCUT2D eigenvalue weighted by atomic mass is 127. The molecule has 0 unspecified atom stereocenters. The first kappa shape index (κ1) is 25.8. The van der Waals surface area contributed by atoms with Crippen LogP contribution < -0.4 is 10.6 Å². The lowest BCUT2D eigenvalue weighted by Crippen LogP contribution is -2.49. The van der Waals surface area contributed by atoms with Crippen LogP contribution in [0.2, 0.25) is 5.02 Å². The molecule has 1 aliphatic heterocycles. The number of piperidine rings is 1. The van der Waals surface area contributed by atoms with E-state index >= 15 is 0 Å². The Bertz CT molecular complexity index is 811. The first-order valence-corrected chi connectivity index (χ1v) is 10.9. The van der Waals surface area contributed by atoms with Crippen LogP contribution in [0.5, 0.6) is 0 Å². The van der Waals surface area contributed by atoms with Gasteiger partial charge in [0, 0.05) is 56.3 Å². The zero-order valence-corrected chi connectivity index (χ0v) is 21.2. The molecule has 0 aliphatic carbocycles. The number of halogens is 2. The van der Waals surface area contributed by atoms with Crippen LogP contribution in [-0.4, -0.2) is 73.5 Å². The largest absolute Gasteiger partial charge is 0.383 e. The van der Waals surface area contributed by atoms with Gasteiger partial charge in [0.15, 0.2) is 5.96 Å². The predicted molar refractivity (Wildman–Crippen MR) is 134 cm³/mol. The van der Waals surface area contributed by atoms with E-state index in [-0.39, 0.29) is 24.0 Å². The van der Waals surface area contributed by atoms with Crippen LogP contribution in [0.1, 0.15) is 25.7 Å². The first-order valence-electron chi connectivity index (χ1n) is 10.5. The SMILES string of the molecule is CCNC(=NCCc1nc(-c2cccc(Cl)c2)no1)NC1CCN(CCOC)CC1.I. The predicted octanol–water partition coefficient (Wildman–Crippen LogP) is 3.22. The third-order valence-electron chi connectivity index (χ3n) is 5.03. The van der Waals surface area contributed by atoms with E-state index in [2.05, 4.69) is 37.6 Å². The van der Waals surface area contributed by atoms with Gasteiger partial charge in [-0.25, -0.2) is 0 Å². The summed E-state index contributed by atoms with van der Waals surface area (Å²) in [7, 11) is 1.75. The number of hydrogen-bond donors (Lipinski definition) is 2. The lowest BCUT2D eigenvalue weighted by molar-refractivity contribution is 0.128. The molecule has 0 saturated carbocycles. The van der Waals surface area contributed by atoms with Gasteiger partial charge in [-0.2, -0.15) is 4.98 Å². The number of rotatable bonds is 9. The van der Waals surface area contributed by atoms with E-state index in [0.717, 1.165) is 57.2 Å². The summed E-state index contributed by atoms with van der Waals surface area (Å²) < 4.78 is 10.5. The Labute approximate surface area is 206 Å². The van der Waals surface area contributed by atoms with Crippen molar-refractivity contribution in [3.8, 4) is 11.4 Å². The number of aliphatic imine (C=N–C) groups is 1. The van der Waals surface area contributed by atoms with Gasteiger partial charge in [-0.05, 0) is 31.9 Å². The average molecular weight is 563 g/mol. The molecule has 0 amide bonds. The molecule has 1 aromatic carbocycles. The first-order chi connectivity index (χ1) is 14.7. The van der Waals surface area contributed by atoms with Crippen molar-refractivity contribution in [3.05, 3.63) is 35.2 Å². The Morgan fingerprint density at radius 1 is 1.35 bits per heavy atom. The summed E-state index contributed by atoms with van der Waals surface area (Å²) in [5.41, 5.74) is 0.841. The molecule has 2 heterocycles. The van der Waals surface area contributed by atoms with Gasteiger partial charge in [-0.3, -0.25) is 4.99 Å². The topological polar surface area (TPSA) is 87.8 Å². The number of aromatic nitrogens is 2. The van der Waals surface area contributed by atoms with Crippen molar-refractivity contribution in [3.63, 3.8) is 0 Å². The second kappa shape index (κ2) is 13.9. The van der Waals surface area contributed by atoms with Crippen LogP contribution in [0.25, 0.3) is 11.4 Å². The van der Waals surface area contributed by atoms with Crippen molar-refractivity contribution < 1.29 is 9.26 Å².